The Hall–Kier alpha value is -1.39. The number of Topliss-reactive ketones (excluding diaryl/α,β-unsaturated/α-hetero) is 1. The van der Waals surface area contributed by atoms with Gasteiger partial charge in [-0.15, -0.1) is 0 Å². The Labute approximate surface area is 121 Å². The Kier molecular flexibility index (Phi) is 4.40. The van der Waals surface area contributed by atoms with Crippen LogP contribution in [-0.2, 0) is 0 Å². The molecule has 116 valence electrons. The van der Waals surface area contributed by atoms with Crippen LogP contribution >= 0.6 is 0 Å². The lowest BCUT2D eigenvalue weighted by Gasteiger charge is -2.32. The van der Waals surface area contributed by atoms with Crippen LogP contribution in [-0.4, -0.2) is 12.0 Å². The number of carbonyl (C=O) groups excluding carboxylic acids is 1. The molecule has 0 heterocycles. The van der Waals surface area contributed by atoms with E-state index in [-0.39, 0.29) is 18.4 Å². The molecule has 21 heavy (non-hydrogen) atoms. The third-order valence-corrected chi connectivity index (χ3v) is 4.20. The Balaban J connectivity index is 2.38. The Morgan fingerprint density at radius 3 is 2.33 bits per heavy atom. The molecule has 1 aromatic carbocycles. The first kappa shape index (κ1) is 16.0. The predicted octanol–water partition coefficient (Wildman–Crippen LogP) is 4.99. The first-order valence-corrected chi connectivity index (χ1v) is 7.09. The number of alkyl halides is 3. The normalized spacial score (nSPS) is 23.1. The van der Waals surface area contributed by atoms with E-state index in [2.05, 4.69) is 0 Å². The van der Waals surface area contributed by atoms with Crippen LogP contribution < -0.4 is 0 Å². The van der Waals surface area contributed by atoms with Gasteiger partial charge in [0.15, 0.2) is 5.78 Å². The van der Waals surface area contributed by atoms with E-state index in [1.807, 2.05) is 0 Å². The van der Waals surface area contributed by atoms with Crippen LogP contribution in [0.5, 0.6) is 0 Å². The average molecular weight is 302 g/mol. The maximum Gasteiger partial charge on any atom is 0.392 e. The highest BCUT2D eigenvalue weighted by Gasteiger charge is 2.48. The monoisotopic (exact) mass is 302 g/mol. The van der Waals surface area contributed by atoms with Crippen LogP contribution in [0.2, 0.25) is 0 Å². The van der Waals surface area contributed by atoms with Gasteiger partial charge in [0.25, 0.3) is 0 Å². The van der Waals surface area contributed by atoms with Gasteiger partial charge in [-0.1, -0.05) is 18.9 Å². The van der Waals surface area contributed by atoms with E-state index in [0.29, 0.717) is 24.0 Å². The van der Waals surface area contributed by atoms with Crippen molar-refractivity contribution in [2.24, 2.45) is 11.8 Å². The van der Waals surface area contributed by atoms with Gasteiger partial charge < -0.3 is 0 Å². The van der Waals surface area contributed by atoms with Crippen LogP contribution in [0.1, 0.15) is 47.2 Å². The molecule has 0 spiro atoms. The van der Waals surface area contributed by atoms with Gasteiger partial charge in [0, 0.05) is 5.92 Å². The lowest BCUT2D eigenvalue weighted by molar-refractivity contribution is -0.191. The van der Waals surface area contributed by atoms with Gasteiger partial charge in [-0.25, -0.2) is 4.39 Å². The van der Waals surface area contributed by atoms with Crippen LogP contribution in [0.3, 0.4) is 0 Å². The summed E-state index contributed by atoms with van der Waals surface area (Å²) in [6, 6.07) is 2.83. The standard InChI is InChI=1S/C16H18F4O/c1-9-7-10(2)14(13(17)8-9)15(21)11-5-3-4-6-12(11)16(18,19)20/h7-8,11-12H,3-6H2,1-2H3. The molecule has 0 saturated heterocycles. The van der Waals surface area contributed by atoms with Gasteiger partial charge in [-0.05, 0) is 43.9 Å². The van der Waals surface area contributed by atoms with Crippen molar-refractivity contribution in [1.29, 1.82) is 0 Å². The smallest absolute Gasteiger partial charge is 0.294 e. The molecular formula is C16H18F4O. The van der Waals surface area contributed by atoms with E-state index in [9.17, 15) is 22.4 Å². The molecule has 1 aliphatic carbocycles. The molecule has 0 amide bonds. The van der Waals surface area contributed by atoms with Crippen molar-refractivity contribution in [3.63, 3.8) is 0 Å². The maximum atomic E-state index is 14.0. The summed E-state index contributed by atoms with van der Waals surface area (Å²) in [4.78, 5) is 12.5. The Morgan fingerprint density at radius 2 is 1.76 bits per heavy atom. The maximum absolute atomic E-state index is 14.0. The molecule has 1 nitrogen and oxygen atoms in total. The number of benzene rings is 1. The summed E-state index contributed by atoms with van der Waals surface area (Å²) < 4.78 is 53.3. The largest absolute Gasteiger partial charge is 0.392 e. The molecule has 0 aromatic heterocycles. The number of halogens is 4. The van der Waals surface area contributed by atoms with E-state index < -0.39 is 29.6 Å². The lowest BCUT2D eigenvalue weighted by Crippen LogP contribution is -2.37. The van der Waals surface area contributed by atoms with Gasteiger partial charge in [-0.2, -0.15) is 13.2 Å². The minimum atomic E-state index is -4.41. The van der Waals surface area contributed by atoms with Crippen molar-refractivity contribution in [2.45, 2.75) is 45.7 Å². The fourth-order valence-corrected chi connectivity index (χ4v) is 3.25. The summed E-state index contributed by atoms with van der Waals surface area (Å²) in [5.74, 6) is -4.23. The van der Waals surface area contributed by atoms with Crippen LogP contribution in [0.15, 0.2) is 12.1 Å². The van der Waals surface area contributed by atoms with Gasteiger partial charge >= 0.3 is 6.18 Å². The van der Waals surface area contributed by atoms with Gasteiger partial charge in [0.2, 0.25) is 0 Å². The molecule has 0 aliphatic heterocycles. The van der Waals surface area contributed by atoms with E-state index in [1.165, 1.54) is 6.07 Å². The summed E-state index contributed by atoms with van der Waals surface area (Å²) >= 11 is 0. The highest BCUT2D eigenvalue weighted by molar-refractivity contribution is 5.99. The SMILES string of the molecule is Cc1cc(C)c(C(=O)C2CCCCC2C(F)(F)F)c(F)c1. The quantitative estimate of drug-likeness (QED) is 0.555. The van der Waals surface area contributed by atoms with Gasteiger partial charge in [0.1, 0.15) is 5.82 Å². The summed E-state index contributed by atoms with van der Waals surface area (Å²) in [6.07, 6.45) is -3.24. The number of aryl methyl sites for hydroxylation is 2. The Bertz CT molecular complexity index is 525. The minimum absolute atomic E-state index is 0.0492. The van der Waals surface area contributed by atoms with Crippen LogP contribution in [0.4, 0.5) is 17.6 Å². The zero-order valence-electron chi connectivity index (χ0n) is 12.1. The van der Waals surface area contributed by atoms with Gasteiger partial charge in [0.05, 0.1) is 11.5 Å². The first-order valence-electron chi connectivity index (χ1n) is 7.09. The van der Waals surface area contributed by atoms with E-state index in [0.717, 1.165) is 0 Å². The number of hydrogen-bond donors (Lipinski definition) is 0. The molecule has 1 aliphatic rings. The van der Waals surface area contributed by atoms with Crippen LogP contribution in [0, 0.1) is 31.5 Å². The van der Waals surface area contributed by atoms with Crippen molar-refractivity contribution in [1.82, 2.24) is 0 Å². The number of ketones is 1. The van der Waals surface area contributed by atoms with Gasteiger partial charge in [-0.3, -0.25) is 4.79 Å². The molecular weight excluding hydrogens is 284 g/mol. The summed E-state index contributed by atoms with van der Waals surface area (Å²) in [6.45, 7) is 3.25. The van der Waals surface area contributed by atoms with Crippen molar-refractivity contribution in [3.05, 3.63) is 34.6 Å². The second-order valence-electron chi connectivity index (χ2n) is 5.84. The van der Waals surface area contributed by atoms with E-state index >= 15 is 0 Å². The molecule has 0 radical (unpaired) electrons. The van der Waals surface area contributed by atoms with Crippen molar-refractivity contribution in [3.8, 4) is 0 Å². The Morgan fingerprint density at radius 1 is 1.14 bits per heavy atom. The third-order valence-electron chi connectivity index (χ3n) is 4.20. The van der Waals surface area contributed by atoms with Crippen molar-refractivity contribution < 1.29 is 22.4 Å². The fourth-order valence-electron chi connectivity index (χ4n) is 3.25. The number of rotatable bonds is 2. The summed E-state index contributed by atoms with van der Waals surface area (Å²) in [7, 11) is 0. The minimum Gasteiger partial charge on any atom is -0.294 e. The molecule has 2 unspecified atom stereocenters. The number of carbonyl (C=O) groups is 1. The van der Waals surface area contributed by atoms with E-state index in [4.69, 9.17) is 0 Å². The molecule has 1 aromatic rings. The second-order valence-corrected chi connectivity index (χ2v) is 5.84. The van der Waals surface area contributed by atoms with Crippen molar-refractivity contribution >= 4 is 5.78 Å². The van der Waals surface area contributed by atoms with E-state index in [1.54, 1.807) is 19.9 Å². The molecule has 1 fully saturated rings. The second kappa shape index (κ2) is 5.78. The molecule has 1 saturated carbocycles. The highest BCUT2D eigenvalue weighted by atomic mass is 19.4. The fraction of sp³-hybridized carbons (Fsp3) is 0.562. The van der Waals surface area contributed by atoms with Crippen molar-refractivity contribution in [2.75, 3.05) is 0 Å². The molecule has 0 N–H and O–H groups in total. The summed E-state index contributed by atoms with van der Waals surface area (Å²) in [5, 5.41) is 0. The topological polar surface area (TPSA) is 17.1 Å². The number of hydrogen-bond acceptors (Lipinski definition) is 1. The highest BCUT2D eigenvalue weighted by Crippen LogP contribution is 2.43. The summed E-state index contributed by atoms with van der Waals surface area (Å²) in [5.41, 5.74) is 0.878. The predicted molar refractivity (Wildman–Crippen MR) is 71.7 cm³/mol. The molecule has 0 bridgehead atoms. The first-order chi connectivity index (χ1) is 9.71. The third kappa shape index (κ3) is 3.27. The molecule has 5 heteroatoms. The molecule has 2 rings (SSSR count). The lowest BCUT2D eigenvalue weighted by atomic mass is 9.74. The molecule has 2 atom stereocenters. The zero-order chi connectivity index (χ0) is 15.8. The average Bonchev–Trinajstić information content (AvgIpc) is 2.36. The zero-order valence-corrected chi connectivity index (χ0v) is 12.1. The van der Waals surface area contributed by atoms with Crippen LogP contribution in [0.25, 0.3) is 0 Å².